The van der Waals surface area contributed by atoms with Gasteiger partial charge in [-0.05, 0) is 6.42 Å². The van der Waals surface area contributed by atoms with Gasteiger partial charge in [0.25, 0.3) is 5.91 Å². The van der Waals surface area contributed by atoms with Crippen LogP contribution in [-0.4, -0.2) is 30.9 Å². The van der Waals surface area contributed by atoms with Gasteiger partial charge in [-0.2, -0.15) is 0 Å². The zero-order valence-electron chi connectivity index (χ0n) is 7.17. The van der Waals surface area contributed by atoms with Gasteiger partial charge in [0.05, 0.1) is 0 Å². The van der Waals surface area contributed by atoms with E-state index in [4.69, 9.17) is 4.74 Å². The molecule has 1 rings (SSSR count). The van der Waals surface area contributed by atoms with E-state index in [1.807, 2.05) is 6.92 Å². The first kappa shape index (κ1) is 9.91. The van der Waals surface area contributed by atoms with E-state index < -0.39 is 24.3 Å². The molecule has 0 aromatic rings. The summed E-state index contributed by atoms with van der Waals surface area (Å²) in [4.78, 5) is 21.5. The molecule has 0 aliphatic carbocycles. The topological polar surface area (TPSA) is 67.4 Å². The largest absolute Gasteiger partial charge is 0.355 e. The Bertz CT molecular complexity index is 222. The maximum atomic E-state index is 13.0. The normalized spacial score (nSPS) is 28.2. The lowest BCUT2D eigenvalue weighted by Gasteiger charge is -2.26. The number of urea groups is 1. The predicted molar refractivity (Wildman–Crippen MR) is 41.6 cm³/mol. The molecular weight excluding hydrogens is 179 g/mol. The molecule has 0 saturated carbocycles. The number of rotatable bonds is 3. The van der Waals surface area contributed by atoms with Crippen molar-refractivity contribution in [1.82, 2.24) is 10.6 Å². The highest BCUT2D eigenvalue weighted by Gasteiger charge is 2.35. The molecule has 1 aliphatic rings. The Morgan fingerprint density at radius 3 is 2.85 bits per heavy atom. The van der Waals surface area contributed by atoms with Crippen molar-refractivity contribution in [3.8, 4) is 0 Å². The Kier molecular flexibility index (Phi) is 3.18. The van der Waals surface area contributed by atoms with E-state index in [1.54, 1.807) is 5.32 Å². The highest BCUT2D eigenvalue weighted by atomic mass is 19.1. The van der Waals surface area contributed by atoms with Crippen molar-refractivity contribution in [3.63, 3.8) is 0 Å². The monoisotopic (exact) mass is 190 g/mol. The van der Waals surface area contributed by atoms with Crippen LogP contribution in [0.2, 0.25) is 0 Å². The lowest BCUT2D eigenvalue weighted by atomic mass is 10.3. The van der Waals surface area contributed by atoms with Crippen LogP contribution in [0.25, 0.3) is 0 Å². The van der Waals surface area contributed by atoms with Crippen LogP contribution in [-0.2, 0) is 9.53 Å². The average molecular weight is 190 g/mol. The van der Waals surface area contributed by atoms with Crippen LogP contribution in [0.3, 0.4) is 0 Å². The van der Waals surface area contributed by atoms with Gasteiger partial charge < -0.3 is 10.1 Å². The molecule has 0 bridgehead atoms. The molecule has 0 radical (unpaired) electrons. The summed E-state index contributed by atoms with van der Waals surface area (Å²) < 4.78 is 17.9. The molecule has 2 atom stereocenters. The van der Waals surface area contributed by atoms with Gasteiger partial charge in [-0.25, -0.2) is 9.18 Å². The van der Waals surface area contributed by atoms with E-state index in [2.05, 4.69) is 5.32 Å². The number of hydrogen-bond acceptors (Lipinski definition) is 3. The molecule has 6 heteroatoms. The van der Waals surface area contributed by atoms with Gasteiger partial charge in [-0.15, -0.1) is 0 Å². The number of carbonyl (C=O) groups is 2. The van der Waals surface area contributed by atoms with Crippen LogP contribution in [0.5, 0.6) is 0 Å². The Hall–Kier alpha value is -1.17. The molecule has 0 aromatic carbocycles. The number of imide groups is 1. The summed E-state index contributed by atoms with van der Waals surface area (Å²) in [6.07, 6.45) is -2.29. The number of ether oxygens (including phenoxy) is 1. The predicted octanol–water partition coefficient (Wildman–Crippen LogP) is -0.0834. The molecule has 1 heterocycles. The van der Waals surface area contributed by atoms with E-state index in [1.165, 1.54) is 0 Å². The highest BCUT2D eigenvalue weighted by molar-refractivity contribution is 5.99. The van der Waals surface area contributed by atoms with Crippen LogP contribution in [0.15, 0.2) is 0 Å². The Labute approximate surface area is 74.6 Å². The third-order valence-corrected chi connectivity index (χ3v) is 1.53. The third-order valence-electron chi connectivity index (χ3n) is 1.53. The summed E-state index contributed by atoms with van der Waals surface area (Å²) in [5, 5.41) is 3.95. The van der Waals surface area contributed by atoms with Gasteiger partial charge in [0.15, 0.2) is 6.23 Å². The van der Waals surface area contributed by atoms with Gasteiger partial charge in [-0.3, -0.25) is 10.1 Å². The minimum absolute atomic E-state index is 0.304. The molecule has 0 unspecified atom stereocenters. The van der Waals surface area contributed by atoms with Crippen molar-refractivity contribution in [3.05, 3.63) is 0 Å². The lowest BCUT2D eigenvalue weighted by molar-refractivity contribution is -0.134. The Balaban J connectivity index is 2.50. The minimum atomic E-state index is -1.83. The maximum absolute atomic E-state index is 13.0. The Morgan fingerprint density at radius 2 is 2.23 bits per heavy atom. The highest BCUT2D eigenvalue weighted by Crippen LogP contribution is 2.06. The van der Waals surface area contributed by atoms with Crippen LogP contribution in [0, 0.1) is 0 Å². The first-order chi connectivity index (χ1) is 6.15. The molecule has 0 spiro atoms. The summed E-state index contributed by atoms with van der Waals surface area (Å²) in [5.74, 6) is -0.954. The van der Waals surface area contributed by atoms with E-state index in [-0.39, 0.29) is 0 Å². The van der Waals surface area contributed by atoms with E-state index in [0.29, 0.717) is 13.0 Å². The molecule has 5 nitrogen and oxygen atoms in total. The van der Waals surface area contributed by atoms with Gasteiger partial charge in [0.2, 0.25) is 6.17 Å². The number of alkyl halides is 1. The second-order valence-corrected chi connectivity index (χ2v) is 2.66. The van der Waals surface area contributed by atoms with Crippen LogP contribution in [0.4, 0.5) is 9.18 Å². The van der Waals surface area contributed by atoms with Gasteiger partial charge in [0.1, 0.15) is 0 Å². The molecule has 13 heavy (non-hydrogen) atoms. The number of nitrogens with one attached hydrogen (secondary N) is 2. The zero-order valence-corrected chi connectivity index (χ0v) is 7.17. The van der Waals surface area contributed by atoms with Crippen molar-refractivity contribution >= 4 is 11.9 Å². The molecule has 0 aromatic heterocycles. The summed E-state index contributed by atoms with van der Waals surface area (Å²) >= 11 is 0. The van der Waals surface area contributed by atoms with Gasteiger partial charge in [0, 0.05) is 6.61 Å². The van der Waals surface area contributed by atoms with Crippen LogP contribution >= 0.6 is 0 Å². The summed E-state index contributed by atoms with van der Waals surface area (Å²) in [6, 6.07) is -0.722. The Morgan fingerprint density at radius 1 is 1.54 bits per heavy atom. The lowest BCUT2D eigenvalue weighted by Crippen LogP contribution is -2.60. The first-order valence-electron chi connectivity index (χ1n) is 4.02. The third kappa shape index (κ3) is 2.38. The maximum Gasteiger partial charge on any atom is 0.323 e. The van der Waals surface area contributed by atoms with Crippen molar-refractivity contribution in [1.29, 1.82) is 0 Å². The van der Waals surface area contributed by atoms with Crippen molar-refractivity contribution in [2.24, 2.45) is 0 Å². The molecule has 1 saturated heterocycles. The summed E-state index contributed by atoms with van der Waals surface area (Å²) in [6.45, 7) is 2.15. The van der Waals surface area contributed by atoms with Crippen molar-refractivity contribution in [2.45, 2.75) is 25.7 Å². The summed E-state index contributed by atoms with van der Waals surface area (Å²) in [7, 11) is 0. The fourth-order valence-corrected chi connectivity index (χ4v) is 0.928. The van der Waals surface area contributed by atoms with Crippen molar-refractivity contribution in [2.75, 3.05) is 6.61 Å². The quantitative estimate of drug-likeness (QED) is 0.653. The van der Waals surface area contributed by atoms with E-state index in [9.17, 15) is 14.0 Å². The van der Waals surface area contributed by atoms with Gasteiger partial charge in [-0.1, -0.05) is 6.92 Å². The molecule has 3 amide bonds. The molecule has 2 N–H and O–H groups in total. The van der Waals surface area contributed by atoms with Crippen molar-refractivity contribution < 1.29 is 18.7 Å². The first-order valence-corrected chi connectivity index (χ1v) is 4.02. The smallest absolute Gasteiger partial charge is 0.323 e. The number of hydrogen-bond donors (Lipinski definition) is 2. The second kappa shape index (κ2) is 4.18. The number of carbonyl (C=O) groups excluding carboxylic acids is 2. The number of amides is 3. The second-order valence-electron chi connectivity index (χ2n) is 2.66. The average Bonchev–Trinajstić information content (AvgIpc) is 2.09. The molecule has 74 valence electrons. The number of halogens is 1. The van der Waals surface area contributed by atoms with Crippen LogP contribution < -0.4 is 10.6 Å². The SMILES string of the molecule is CCCO[C@H]1NC(=O)NC(=O)[C@H]1F. The summed E-state index contributed by atoms with van der Waals surface area (Å²) in [5.41, 5.74) is 0. The molecule has 1 fully saturated rings. The standard InChI is InChI=1S/C7H11FN2O3/c1-2-3-13-6-4(8)5(11)9-7(12)10-6/h4,6H,2-3H2,1H3,(H2,9,10,11,12)/t4-,6-/m1/s1. The van der Waals surface area contributed by atoms with Gasteiger partial charge >= 0.3 is 6.03 Å². The molecular formula is C7H11FN2O3. The fraction of sp³-hybridized carbons (Fsp3) is 0.714. The van der Waals surface area contributed by atoms with E-state index >= 15 is 0 Å². The van der Waals surface area contributed by atoms with E-state index in [0.717, 1.165) is 0 Å². The molecule has 1 aliphatic heterocycles. The zero-order chi connectivity index (χ0) is 9.84. The minimum Gasteiger partial charge on any atom is -0.355 e. The fourth-order valence-electron chi connectivity index (χ4n) is 0.928. The van der Waals surface area contributed by atoms with Crippen LogP contribution in [0.1, 0.15) is 13.3 Å².